The number of pyridine rings is 2. The molecule has 2 fully saturated rings. The zero-order valence-corrected chi connectivity index (χ0v) is 17.2. The molecule has 1 aromatic carbocycles. The van der Waals surface area contributed by atoms with Gasteiger partial charge in [0.25, 0.3) is 0 Å². The van der Waals surface area contributed by atoms with E-state index >= 15 is 0 Å². The Morgan fingerprint density at radius 3 is 2.56 bits per heavy atom. The number of piperidine rings is 1. The first-order valence-corrected chi connectivity index (χ1v) is 10.6. The van der Waals surface area contributed by atoms with E-state index in [9.17, 15) is 18.3 Å². The molecule has 1 saturated carbocycles. The molecule has 4 atom stereocenters. The van der Waals surface area contributed by atoms with Crippen molar-refractivity contribution < 1.29 is 18.3 Å². The Bertz CT molecular complexity index is 1070. The van der Waals surface area contributed by atoms with Crippen LogP contribution in [0.1, 0.15) is 30.2 Å². The van der Waals surface area contributed by atoms with Gasteiger partial charge in [0, 0.05) is 48.3 Å². The number of nitrogens with zero attached hydrogens (tertiary/aromatic N) is 3. The lowest BCUT2D eigenvalue weighted by molar-refractivity contribution is -0.137. The van der Waals surface area contributed by atoms with E-state index in [0.717, 1.165) is 48.3 Å². The van der Waals surface area contributed by atoms with Gasteiger partial charge in [-0.25, -0.2) is 4.98 Å². The van der Waals surface area contributed by atoms with Crippen LogP contribution in [0.3, 0.4) is 0 Å². The van der Waals surface area contributed by atoms with Crippen LogP contribution in [0.4, 0.5) is 19.0 Å². The number of aromatic nitrogens is 2. The summed E-state index contributed by atoms with van der Waals surface area (Å²) in [6.07, 6.45) is 1.00. The fraction of sp³-hybridized carbons (Fsp3) is 0.333. The highest BCUT2D eigenvalue weighted by molar-refractivity contribution is 5.66. The van der Waals surface area contributed by atoms with Crippen LogP contribution in [0.2, 0.25) is 0 Å². The molecule has 2 N–H and O–H groups in total. The van der Waals surface area contributed by atoms with E-state index in [1.807, 2.05) is 36.4 Å². The van der Waals surface area contributed by atoms with Crippen molar-refractivity contribution >= 4 is 5.82 Å². The van der Waals surface area contributed by atoms with E-state index < -0.39 is 18.0 Å². The number of hydrogen-bond donors (Lipinski definition) is 2. The van der Waals surface area contributed by atoms with Gasteiger partial charge in [-0.3, -0.25) is 9.88 Å². The molecule has 166 valence electrons. The molecular formula is C24H23F3N4O. The summed E-state index contributed by atoms with van der Waals surface area (Å²) in [4.78, 5) is 10.2. The first-order valence-electron chi connectivity index (χ1n) is 10.6. The average Bonchev–Trinajstić information content (AvgIpc) is 3.40. The van der Waals surface area contributed by atoms with E-state index in [0.29, 0.717) is 11.7 Å². The molecule has 8 heteroatoms. The third-order valence-corrected chi connectivity index (χ3v) is 6.47. The van der Waals surface area contributed by atoms with Crippen molar-refractivity contribution in [2.75, 3.05) is 11.9 Å². The summed E-state index contributed by atoms with van der Waals surface area (Å²) in [5, 5.41) is 14.6. The van der Waals surface area contributed by atoms with Gasteiger partial charge in [-0.05, 0) is 42.5 Å². The van der Waals surface area contributed by atoms with Crippen molar-refractivity contribution in [3.05, 3.63) is 78.2 Å². The van der Waals surface area contributed by atoms with Crippen molar-refractivity contribution in [3.8, 4) is 11.1 Å². The van der Waals surface area contributed by atoms with Crippen molar-refractivity contribution in [1.82, 2.24) is 14.9 Å². The molecule has 2 bridgehead atoms. The van der Waals surface area contributed by atoms with E-state index in [4.69, 9.17) is 0 Å². The fourth-order valence-corrected chi connectivity index (χ4v) is 5.03. The van der Waals surface area contributed by atoms with Crippen LogP contribution in [0.5, 0.6) is 0 Å². The van der Waals surface area contributed by atoms with E-state index in [1.165, 1.54) is 6.07 Å². The van der Waals surface area contributed by atoms with E-state index in [-0.39, 0.29) is 12.1 Å². The van der Waals surface area contributed by atoms with Gasteiger partial charge in [0.1, 0.15) is 12.0 Å². The van der Waals surface area contributed by atoms with Crippen LogP contribution in [0.25, 0.3) is 11.1 Å². The van der Waals surface area contributed by atoms with Gasteiger partial charge in [0.15, 0.2) is 0 Å². The normalized spacial score (nSPS) is 23.9. The lowest BCUT2D eigenvalue weighted by atomic mass is 9.97. The Labute approximate surface area is 183 Å². The summed E-state index contributed by atoms with van der Waals surface area (Å²) in [6, 6.07) is 14.1. The van der Waals surface area contributed by atoms with Gasteiger partial charge in [-0.1, -0.05) is 30.3 Å². The second-order valence-corrected chi connectivity index (χ2v) is 8.48. The first kappa shape index (κ1) is 20.9. The molecule has 0 amide bonds. The number of rotatable bonds is 5. The Hall–Kier alpha value is -2.97. The van der Waals surface area contributed by atoms with E-state index in [1.54, 1.807) is 12.4 Å². The standard InChI is InChI=1S/C24H23F3N4O/c25-24(26,27)17-7-8-22(29-13-17)30-20-10-15-11-21(20)31(14-15)23(32)19-6-2-1-5-18(19)16-4-3-9-28-12-16/h1-9,12-13,15,20-21,23,32H,10-11,14H2,(H,29,30). The molecular weight excluding hydrogens is 417 g/mol. The van der Waals surface area contributed by atoms with Crippen LogP contribution in [0.15, 0.2) is 67.1 Å². The number of nitrogens with one attached hydrogen (secondary N) is 1. The smallest absolute Gasteiger partial charge is 0.374 e. The minimum absolute atomic E-state index is 0.0122. The maximum Gasteiger partial charge on any atom is 0.417 e. The number of aliphatic hydroxyl groups is 1. The van der Waals surface area contributed by atoms with Gasteiger partial charge in [-0.15, -0.1) is 0 Å². The SMILES string of the molecule is OC(c1ccccc1-c1cccnc1)N1CC2CC(Nc3ccc(C(F)(F)F)cn3)C1C2. The van der Waals surface area contributed by atoms with Gasteiger partial charge in [-0.2, -0.15) is 13.2 Å². The summed E-state index contributed by atoms with van der Waals surface area (Å²) in [7, 11) is 0. The highest BCUT2D eigenvalue weighted by Gasteiger charge is 2.47. The highest BCUT2D eigenvalue weighted by Crippen LogP contribution is 2.44. The molecule has 0 radical (unpaired) electrons. The van der Waals surface area contributed by atoms with Crippen molar-refractivity contribution in [3.63, 3.8) is 0 Å². The van der Waals surface area contributed by atoms with Crippen molar-refractivity contribution in [2.45, 2.75) is 37.3 Å². The summed E-state index contributed by atoms with van der Waals surface area (Å²) >= 11 is 0. The molecule has 5 rings (SSSR count). The Morgan fingerprint density at radius 1 is 1.03 bits per heavy atom. The predicted molar refractivity (Wildman–Crippen MR) is 115 cm³/mol. The number of benzene rings is 1. The number of halogens is 3. The Balaban J connectivity index is 1.35. The number of hydrogen-bond acceptors (Lipinski definition) is 5. The van der Waals surface area contributed by atoms with Crippen LogP contribution >= 0.6 is 0 Å². The number of likely N-dealkylation sites (tertiary alicyclic amines) is 1. The fourth-order valence-electron chi connectivity index (χ4n) is 5.03. The minimum atomic E-state index is -4.40. The molecule has 3 heterocycles. The van der Waals surface area contributed by atoms with Crippen LogP contribution in [-0.4, -0.2) is 38.6 Å². The maximum atomic E-state index is 12.8. The molecule has 3 aromatic rings. The van der Waals surface area contributed by atoms with Gasteiger partial charge in [0.05, 0.1) is 5.56 Å². The zero-order chi connectivity index (χ0) is 22.3. The number of alkyl halides is 3. The largest absolute Gasteiger partial charge is 0.417 e. The number of aliphatic hydroxyl groups excluding tert-OH is 1. The number of fused-ring (bicyclic) bond motifs is 2. The monoisotopic (exact) mass is 440 g/mol. The van der Waals surface area contributed by atoms with Crippen molar-refractivity contribution in [1.29, 1.82) is 0 Å². The Morgan fingerprint density at radius 2 is 1.88 bits per heavy atom. The number of anilines is 1. The predicted octanol–water partition coefficient (Wildman–Crippen LogP) is 4.73. The molecule has 32 heavy (non-hydrogen) atoms. The highest BCUT2D eigenvalue weighted by atomic mass is 19.4. The maximum absolute atomic E-state index is 12.8. The lowest BCUT2D eigenvalue weighted by Gasteiger charge is -2.37. The van der Waals surface area contributed by atoms with Crippen LogP contribution in [-0.2, 0) is 6.18 Å². The average molecular weight is 440 g/mol. The molecule has 1 saturated heterocycles. The summed E-state index contributed by atoms with van der Waals surface area (Å²) in [6.45, 7) is 0.784. The quantitative estimate of drug-likeness (QED) is 0.601. The summed E-state index contributed by atoms with van der Waals surface area (Å²) in [5.41, 5.74) is 1.93. The molecule has 2 aliphatic rings. The minimum Gasteiger partial charge on any atom is -0.374 e. The van der Waals surface area contributed by atoms with E-state index in [2.05, 4.69) is 20.2 Å². The van der Waals surface area contributed by atoms with Gasteiger partial charge in [0.2, 0.25) is 0 Å². The Kier molecular flexibility index (Phi) is 5.35. The van der Waals surface area contributed by atoms with Crippen LogP contribution < -0.4 is 5.32 Å². The molecule has 0 spiro atoms. The molecule has 1 aliphatic heterocycles. The second-order valence-electron chi connectivity index (χ2n) is 8.48. The molecule has 5 nitrogen and oxygen atoms in total. The topological polar surface area (TPSA) is 61.3 Å². The van der Waals surface area contributed by atoms with Crippen LogP contribution in [0, 0.1) is 5.92 Å². The lowest BCUT2D eigenvalue weighted by Crippen LogP contribution is -2.46. The third-order valence-electron chi connectivity index (χ3n) is 6.47. The second kappa shape index (κ2) is 8.18. The summed E-state index contributed by atoms with van der Waals surface area (Å²) in [5.74, 6) is 0.841. The van der Waals surface area contributed by atoms with Gasteiger partial charge >= 0.3 is 6.18 Å². The zero-order valence-electron chi connectivity index (χ0n) is 17.2. The molecule has 2 aromatic heterocycles. The molecule has 1 aliphatic carbocycles. The third kappa shape index (κ3) is 3.96. The van der Waals surface area contributed by atoms with Gasteiger partial charge < -0.3 is 10.4 Å². The molecule has 4 unspecified atom stereocenters. The van der Waals surface area contributed by atoms with Crippen molar-refractivity contribution in [2.24, 2.45) is 5.92 Å². The first-order chi connectivity index (χ1) is 15.4. The summed E-state index contributed by atoms with van der Waals surface area (Å²) < 4.78 is 38.4.